The molecular weight excluding hydrogens is 336 g/mol. The summed E-state index contributed by atoms with van der Waals surface area (Å²) in [6.45, 7) is 2.92. The van der Waals surface area contributed by atoms with Gasteiger partial charge >= 0.3 is 0 Å². The number of carbonyl (C=O) groups excluding carboxylic acids is 1. The Labute approximate surface area is 155 Å². The van der Waals surface area contributed by atoms with Gasteiger partial charge in [-0.15, -0.1) is 0 Å². The molecule has 0 heterocycles. The molecule has 0 bridgehead atoms. The summed E-state index contributed by atoms with van der Waals surface area (Å²) in [5.74, 6) is 2.02. The van der Waals surface area contributed by atoms with Crippen molar-refractivity contribution in [1.82, 2.24) is 10.2 Å². The highest BCUT2D eigenvalue weighted by Gasteiger charge is 2.14. The normalized spacial score (nSPS) is 10.9. The van der Waals surface area contributed by atoms with Crippen LogP contribution in [0.2, 0.25) is 0 Å². The largest absolute Gasteiger partial charge is 0.493 e. The summed E-state index contributed by atoms with van der Waals surface area (Å²) >= 11 is 0. The molecule has 1 aromatic carbocycles. The molecule has 0 aliphatic rings. The monoisotopic (exact) mass is 366 g/mol. The Balaban J connectivity index is 3.05. The molecule has 1 aromatic rings. The van der Waals surface area contributed by atoms with Gasteiger partial charge in [0.1, 0.15) is 6.54 Å². The number of unbranched alkanes of at least 4 members (excludes halogenated alkanes) is 1. The topological polar surface area (TPSA) is 84.4 Å². The molecule has 8 heteroatoms. The zero-order chi connectivity index (χ0) is 19.5. The third-order valence-electron chi connectivity index (χ3n) is 3.62. The van der Waals surface area contributed by atoms with Gasteiger partial charge in [0.05, 0.1) is 21.3 Å². The maximum absolute atomic E-state index is 11.8. The Morgan fingerprint density at radius 1 is 1.12 bits per heavy atom. The van der Waals surface area contributed by atoms with Crippen LogP contribution in [0.1, 0.15) is 19.8 Å². The predicted molar refractivity (Wildman–Crippen MR) is 104 cm³/mol. The third-order valence-corrected chi connectivity index (χ3v) is 3.62. The first-order chi connectivity index (χ1) is 12.5. The molecule has 0 saturated heterocycles. The standard InChI is InChI=1S/C18H30N4O4/c1-7-8-9-19-18(20-12-16(23)22(2)3)21-13-10-14(24-4)17(26-6)15(11-13)25-5/h10-11H,7-9,12H2,1-6H3,(H2,19,20,21). The fourth-order valence-corrected chi connectivity index (χ4v) is 2.10. The lowest BCUT2D eigenvalue weighted by Gasteiger charge is -2.17. The molecule has 26 heavy (non-hydrogen) atoms. The Kier molecular flexibility index (Phi) is 9.11. The highest BCUT2D eigenvalue weighted by Crippen LogP contribution is 2.39. The van der Waals surface area contributed by atoms with Crippen LogP contribution in [0.25, 0.3) is 0 Å². The van der Waals surface area contributed by atoms with E-state index >= 15 is 0 Å². The number of hydrogen-bond donors (Lipinski definition) is 2. The maximum atomic E-state index is 11.8. The van der Waals surface area contributed by atoms with E-state index in [9.17, 15) is 4.79 Å². The van der Waals surface area contributed by atoms with Crippen LogP contribution in [0.4, 0.5) is 5.69 Å². The van der Waals surface area contributed by atoms with Crippen LogP contribution in [-0.2, 0) is 4.79 Å². The number of benzene rings is 1. The zero-order valence-corrected chi connectivity index (χ0v) is 16.5. The second kappa shape index (κ2) is 11.1. The van der Waals surface area contributed by atoms with Gasteiger partial charge in [-0.25, -0.2) is 4.99 Å². The van der Waals surface area contributed by atoms with E-state index in [1.165, 1.54) is 4.90 Å². The lowest BCUT2D eigenvalue weighted by atomic mass is 10.2. The van der Waals surface area contributed by atoms with E-state index in [1.54, 1.807) is 47.6 Å². The van der Waals surface area contributed by atoms with Gasteiger partial charge < -0.3 is 29.7 Å². The maximum Gasteiger partial charge on any atom is 0.243 e. The Bertz CT molecular complexity index is 592. The minimum Gasteiger partial charge on any atom is -0.493 e. The first kappa shape index (κ1) is 21.4. The molecule has 1 rings (SSSR count). The van der Waals surface area contributed by atoms with Crippen LogP contribution in [-0.4, -0.2) is 65.3 Å². The van der Waals surface area contributed by atoms with Crippen molar-refractivity contribution < 1.29 is 19.0 Å². The molecule has 0 aliphatic carbocycles. The number of aliphatic imine (C=N–C) groups is 1. The molecule has 0 spiro atoms. The average Bonchev–Trinajstić information content (AvgIpc) is 2.64. The molecule has 0 saturated carbocycles. The van der Waals surface area contributed by atoms with Crippen molar-refractivity contribution in [3.63, 3.8) is 0 Å². The smallest absolute Gasteiger partial charge is 0.243 e. The first-order valence-electron chi connectivity index (χ1n) is 8.52. The number of amides is 1. The van der Waals surface area contributed by atoms with Gasteiger partial charge in [-0.05, 0) is 6.42 Å². The van der Waals surface area contributed by atoms with Crippen LogP contribution in [0.3, 0.4) is 0 Å². The Morgan fingerprint density at radius 2 is 1.73 bits per heavy atom. The van der Waals surface area contributed by atoms with Crippen molar-refractivity contribution >= 4 is 17.6 Å². The molecule has 0 unspecified atom stereocenters. The zero-order valence-electron chi connectivity index (χ0n) is 16.5. The van der Waals surface area contributed by atoms with E-state index in [2.05, 4.69) is 22.5 Å². The Morgan fingerprint density at radius 3 is 2.19 bits per heavy atom. The molecular formula is C18H30N4O4. The quantitative estimate of drug-likeness (QED) is 0.395. The van der Waals surface area contributed by atoms with Crippen LogP contribution >= 0.6 is 0 Å². The van der Waals surface area contributed by atoms with E-state index in [0.29, 0.717) is 28.9 Å². The molecule has 0 aromatic heterocycles. The predicted octanol–water partition coefficient (Wildman–Crippen LogP) is 1.96. The second-order valence-electron chi connectivity index (χ2n) is 5.77. The highest BCUT2D eigenvalue weighted by atomic mass is 16.5. The SMILES string of the molecule is CCCCNC(=NCC(=O)N(C)C)Nc1cc(OC)c(OC)c(OC)c1. The summed E-state index contributed by atoms with van der Waals surface area (Å²) < 4.78 is 16.1. The molecule has 0 radical (unpaired) electrons. The number of nitrogens with one attached hydrogen (secondary N) is 2. The number of guanidine groups is 1. The summed E-state index contributed by atoms with van der Waals surface area (Å²) in [4.78, 5) is 17.7. The summed E-state index contributed by atoms with van der Waals surface area (Å²) in [6.07, 6.45) is 2.05. The van der Waals surface area contributed by atoms with Gasteiger partial charge in [0.25, 0.3) is 0 Å². The molecule has 8 nitrogen and oxygen atoms in total. The van der Waals surface area contributed by atoms with Crippen molar-refractivity contribution in [2.45, 2.75) is 19.8 Å². The van der Waals surface area contributed by atoms with Crippen LogP contribution in [0, 0.1) is 0 Å². The van der Waals surface area contributed by atoms with Gasteiger partial charge in [0.15, 0.2) is 17.5 Å². The van der Waals surface area contributed by atoms with Crippen molar-refractivity contribution in [3.8, 4) is 17.2 Å². The average molecular weight is 366 g/mol. The summed E-state index contributed by atoms with van der Waals surface area (Å²) in [5, 5.41) is 6.41. The van der Waals surface area contributed by atoms with Gasteiger partial charge in [0.2, 0.25) is 11.7 Å². The fraction of sp³-hybridized carbons (Fsp3) is 0.556. The lowest BCUT2D eigenvalue weighted by Crippen LogP contribution is -2.33. The fourth-order valence-electron chi connectivity index (χ4n) is 2.10. The molecule has 146 valence electrons. The number of anilines is 1. The van der Waals surface area contributed by atoms with E-state index in [-0.39, 0.29) is 12.5 Å². The van der Waals surface area contributed by atoms with Crippen molar-refractivity contribution in [3.05, 3.63) is 12.1 Å². The molecule has 2 N–H and O–H groups in total. The van der Waals surface area contributed by atoms with Gasteiger partial charge in [-0.3, -0.25) is 4.79 Å². The second-order valence-corrected chi connectivity index (χ2v) is 5.77. The van der Waals surface area contributed by atoms with Gasteiger partial charge in [-0.2, -0.15) is 0 Å². The molecule has 0 aliphatic heterocycles. The summed E-state index contributed by atoms with van der Waals surface area (Å²) in [7, 11) is 8.08. The van der Waals surface area contributed by atoms with Gasteiger partial charge in [-0.1, -0.05) is 13.3 Å². The number of ether oxygens (including phenoxy) is 3. The number of nitrogens with zero attached hydrogens (tertiary/aromatic N) is 2. The number of likely N-dealkylation sites (N-methyl/N-ethyl adjacent to an activating group) is 1. The highest BCUT2D eigenvalue weighted by molar-refractivity contribution is 5.95. The number of hydrogen-bond acceptors (Lipinski definition) is 5. The van der Waals surface area contributed by atoms with Crippen LogP contribution < -0.4 is 24.8 Å². The van der Waals surface area contributed by atoms with Crippen molar-refractivity contribution in [2.24, 2.45) is 4.99 Å². The van der Waals surface area contributed by atoms with E-state index in [1.807, 2.05) is 0 Å². The minimum absolute atomic E-state index is 0.0544. The number of methoxy groups -OCH3 is 3. The summed E-state index contributed by atoms with van der Waals surface area (Å²) in [6, 6.07) is 3.57. The van der Waals surface area contributed by atoms with Crippen LogP contribution in [0.15, 0.2) is 17.1 Å². The molecule has 0 atom stereocenters. The summed E-state index contributed by atoms with van der Waals surface area (Å²) in [5.41, 5.74) is 0.708. The van der Waals surface area contributed by atoms with Crippen molar-refractivity contribution in [2.75, 3.05) is 53.8 Å². The van der Waals surface area contributed by atoms with E-state index in [0.717, 1.165) is 19.4 Å². The van der Waals surface area contributed by atoms with E-state index < -0.39 is 0 Å². The van der Waals surface area contributed by atoms with Gasteiger partial charge in [0, 0.05) is 38.5 Å². The molecule has 0 fully saturated rings. The van der Waals surface area contributed by atoms with E-state index in [4.69, 9.17) is 14.2 Å². The molecule has 1 amide bonds. The van der Waals surface area contributed by atoms with Crippen molar-refractivity contribution in [1.29, 1.82) is 0 Å². The Hall–Kier alpha value is -2.64. The number of rotatable bonds is 9. The van der Waals surface area contributed by atoms with Crippen LogP contribution in [0.5, 0.6) is 17.2 Å². The first-order valence-corrected chi connectivity index (χ1v) is 8.52. The minimum atomic E-state index is -0.0773. The number of carbonyl (C=O) groups is 1. The lowest BCUT2D eigenvalue weighted by molar-refractivity contribution is -0.127. The third kappa shape index (κ3) is 6.34.